The molecule has 1 aromatic rings. The van der Waals surface area contributed by atoms with Gasteiger partial charge in [0.2, 0.25) is 5.91 Å². The summed E-state index contributed by atoms with van der Waals surface area (Å²) < 4.78 is 44.1. The zero-order valence-electron chi connectivity index (χ0n) is 13.1. The van der Waals surface area contributed by atoms with Crippen LogP contribution in [0.25, 0.3) is 0 Å². The van der Waals surface area contributed by atoms with E-state index in [2.05, 4.69) is 10.1 Å². The van der Waals surface area contributed by atoms with E-state index in [9.17, 15) is 22.8 Å². The van der Waals surface area contributed by atoms with E-state index in [4.69, 9.17) is 0 Å². The van der Waals surface area contributed by atoms with Crippen molar-refractivity contribution >= 4 is 11.9 Å². The molecule has 0 aliphatic carbocycles. The second kappa shape index (κ2) is 7.96. The Bertz CT molecular complexity index is 561. The first kappa shape index (κ1) is 19.0. The molecular weight excluding hydrogens is 313 g/mol. The van der Waals surface area contributed by atoms with Crippen LogP contribution in [0.1, 0.15) is 24.1 Å². The molecule has 1 atom stereocenters. The average Bonchev–Trinajstić information content (AvgIpc) is 2.46. The van der Waals surface area contributed by atoms with Crippen molar-refractivity contribution in [3.05, 3.63) is 35.4 Å². The summed E-state index contributed by atoms with van der Waals surface area (Å²) in [6, 6.07) is 3.41. The van der Waals surface area contributed by atoms with Crippen LogP contribution in [0, 0.1) is 0 Å². The molecule has 128 valence electrons. The van der Waals surface area contributed by atoms with E-state index in [-0.39, 0.29) is 12.1 Å². The fourth-order valence-electron chi connectivity index (χ4n) is 2.22. The third-order valence-corrected chi connectivity index (χ3v) is 3.19. The second-order valence-corrected chi connectivity index (χ2v) is 4.88. The van der Waals surface area contributed by atoms with Crippen LogP contribution in [0.3, 0.4) is 0 Å². The van der Waals surface area contributed by atoms with Gasteiger partial charge in [0.15, 0.2) is 0 Å². The number of rotatable bonds is 6. The highest BCUT2D eigenvalue weighted by Gasteiger charge is 2.38. The molecule has 0 heterocycles. The molecule has 0 saturated heterocycles. The van der Waals surface area contributed by atoms with Gasteiger partial charge in [0.25, 0.3) is 0 Å². The zero-order chi connectivity index (χ0) is 17.6. The van der Waals surface area contributed by atoms with Crippen molar-refractivity contribution in [1.82, 2.24) is 10.2 Å². The number of carbonyl (C=O) groups is 2. The molecule has 23 heavy (non-hydrogen) atoms. The van der Waals surface area contributed by atoms with Gasteiger partial charge in [-0.15, -0.1) is 0 Å². The highest BCUT2D eigenvalue weighted by atomic mass is 19.4. The van der Waals surface area contributed by atoms with Crippen molar-refractivity contribution in [1.29, 1.82) is 0 Å². The highest BCUT2D eigenvalue weighted by molar-refractivity contribution is 5.81. The van der Waals surface area contributed by atoms with Crippen LogP contribution < -0.4 is 5.32 Å². The SMILES string of the molecule is CCNC(=O)CN(C)C(C(=O)OC)c1ccccc1C(F)(F)F. The van der Waals surface area contributed by atoms with Gasteiger partial charge in [-0.2, -0.15) is 13.2 Å². The number of alkyl halides is 3. The third-order valence-electron chi connectivity index (χ3n) is 3.19. The minimum absolute atomic E-state index is 0.236. The summed E-state index contributed by atoms with van der Waals surface area (Å²) in [6.45, 7) is 1.86. The number of amides is 1. The monoisotopic (exact) mass is 332 g/mol. The lowest BCUT2D eigenvalue weighted by Crippen LogP contribution is -2.40. The van der Waals surface area contributed by atoms with Crippen LogP contribution in [0.5, 0.6) is 0 Å². The molecular formula is C15H19F3N2O3. The normalized spacial score (nSPS) is 12.8. The van der Waals surface area contributed by atoms with Crippen molar-refractivity contribution in [2.45, 2.75) is 19.1 Å². The van der Waals surface area contributed by atoms with Gasteiger partial charge in [-0.25, -0.2) is 4.79 Å². The van der Waals surface area contributed by atoms with Crippen molar-refractivity contribution in [2.24, 2.45) is 0 Å². The first-order valence-corrected chi connectivity index (χ1v) is 6.93. The molecule has 8 heteroatoms. The predicted molar refractivity (Wildman–Crippen MR) is 77.5 cm³/mol. The number of esters is 1. The number of halogens is 3. The fourth-order valence-corrected chi connectivity index (χ4v) is 2.22. The van der Waals surface area contributed by atoms with Crippen molar-refractivity contribution in [3.8, 4) is 0 Å². The van der Waals surface area contributed by atoms with E-state index in [1.54, 1.807) is 6.92 Å². The molecule has 0 fully saturated rings. The Morgan fingerprint density at radius 2 is 1.91 bits per heavy atom. The summed E-state index contributed by atoms with van der Waals surface area (Å²) in [5, 5.41) is 2.53. The lowest BCUT2D eigenvalue weighted by molar-refractivity contribution is -0.148. The van der Waals surface area contributed by atoms with E-state index in [0.717, 1.165) is 13.2 Å². The van der Waals surface area contributed by atoms with E-state index < -0.39 is 29.7 Å². The van der Waals surface area contributed by atoms with Crippen LogP contribution in [-0.2, 0) is 20.5 Å². The van der Waals surface area contributed by atoms with Gasteiger partial charge in [0, 0.05) is 6.54 Å². The maximum Gasteiger partial charge on any atom is 0.416 e. The quantitative estimate of drug-likeness (QED) is 0.810. The second-order valence-electron chi connectivity index (χ2n) is 4.88. The van der Waals surface area contributed by atoms with Gasteiger partial charge in [-0.05, 0) is 25.6 Å². The van der Waals surface area contributed by atoms with E-state index >= 15 is 0 Å². The predicted octanol–water partition coefficient (Wildman–Crippen LogP) is 1.99. The Morgan fingerprint density at radius 3 is 2.43 bits per heavy atom. The molecule has 1 rings (SSSR count). The first-order chi connectivity index (χ1) is 10.7. The smallest absolute Gasteiger partial charge is 0.416 e. The largest absolute Gasteiger partial charge is 0.468 e. The molecule has 1 amide bonds. The maximum atomic E-state index is 13.2. The first-order valence-electron chi connectivity index (χ1n) is 6.93. The lowest BCUT2D eigenvalue weighted by Gasteiger charge is -2.27. The van der Waals surface area contributed by atoms with Crippen molar-refractivity contribution in [2.75, 3.05) is 27.2 Å². The molecule has 0 aliphatic rings. The van der Waals surface area contributed by atoms with E-state index in [0.29, 0.717) is 6.54 Å². The average molecular weight is 332 g/mol. The number of nitrogens with zero attached hydrogens (tertiary/aromatic N) is 1. The third kappa shape index (κ3) is 4.95. The van der Waals surface area contributed by atoms with Crippen LogP contribution in [0.2, 0.25) is 0 Å². The van der Waals surface area contributed by atoms with Crippen molar-refractivity contribution in [3.63, 3.8) is 0 Å². The zero-order valence-corrected chi connectivity index (χ0v) is 13.1. The summed E-state index contributed by atoms with van der Waals surface area (Å²) in [5.74, 6) is -1.26. The molecule has 1 aromatic carbocycles. The Kier molecular flexibility index (Phi) is 6.56. The van der Waals surface area contributed by atoms with Crippen LogP contribution in [-0.4, -0.2) is 44.0 Å². The molecule has 5 nitrogen and oxygen atoms in total. The number of nitrogens with one attached hydrogen (secondary N) is 1. The van der Waals surface area contributed by atoms with Gasteiger partial charge in [-0.3, -0.25) is 9.69 Å². The van der Waals surface area contributed by atoms with Gasteiger partial charge in [0.05, 0.1) is 19.2 Å². The minimum Gasteiger partial charge on any atom is -0.468 e. The summed E-state index contributed by atoms with van der Waals surface area (Å²) in [5.41, 5.74) is -1.18. The molecule has 1 N–H and O–H groups in total. The molecule has 0 bridgehead atoms. The van der Waals surface area contributed by atoms with Gasteiger partial charge < -0.3 is 10.1 Å². The Morgan fingerprint density at radius 1 is 1.30 bits per heavy atom. The number of hydrogen-bond donors (Lipinski definition) is 1. The van der Waals surface area contributed by atoms with Crippen LogP contribution in [0.15, 0.2) is 24.3 Å². The molecule has 0 spiro atoms. The molecule has 0 aliphatic heterocycles. The summed E-state index contributed by atoms with van der Waals surface area (Å²) in [4.78, 5) is 24.9. The molecule has 0 aromatic heterocycles. The Hall–Kier alpha value is -2.09. The number of likely N-dealkylation sites (N-methyl/N-ethyl adjacent to an activating group) is 2. The molecule has 0 radical (unpaired) electrons. The summed E-state index contributed by atoms with van der Waals surface area (Å²) in [7, 11) is 2.48. The number of benzene rings is 1. The highest BCUT2D eigenvalue weighted by Crippen LogP contribution is 2.36. The number of methoxy groups -OCH3 is 1. The Balaban J connectivity index is 3.23. The standard InChI is InChI=1S/C15H19F3N2O3/c1-4-19-12(21)9-20(2)13(14(22)23-3)10-7-5-6-8-11(10)15(16,17)18/h5-8,13H,4,9H2,1-3H3,(H,19,21). The van der Waals surface area contributed by atoms with Gasteiger partial charge in [0.1, 0.15) is 6.04 Å². The molecule has 0 saturated carbocycles. The van der Waals surface area contributed by atoms with Gasteiger partial charge in [-0.1, -0.05) is 18.2 Å². The maximum absolute atomic E-state index is 13.2. The van der Waals surface area contributed by atoms with Gasteiger partial charge >= 0.3 is 12.1 Å². The van der Waals surface area contributed by atoms with Crippen molar-refractivity contribution < 1.29 is 27.5 Å². The minimum atomic E-state index is -4.62. The number of ether oxygens (including phenoxy) is 1. The topological polar surface area (TPSA) is 58.6 Å². The lowest BCUT2D eigenvalue weighted by atomic mass is 9.98. The van der Waals surface area contributed by atoms with E-state index in [1.165, 1.54) is 30.1 Å². The van der Waals surface area contributed by atoms with Crippen LogP contribution in [0.4, 0.5) is 13.2 Å². The Labute approximate surface area is 132 Å². The summed E-state index contributed by atoms with van der Waals surface area (Å²) in [6.07, 6.45) is -4.62. The van der Waals surface area contributed by atoms with Crippen LogP contribution >= 0.6 is 0 Å². The van der Waals surface area contributed by atoms with E-state index in [1.807, 2.05) is 0 Å². The fraction of sp³-hybridized carbons (Fsp3) is 0.467. The number of hydrogen-bond acceptors (Lipinski definition) is 4. The number of carbonyl (C=O) groups excluding carboxylic acids is 2. The molecule has 1 unspecified atom stereocenters. The summed E-state index contributed by atoms with van der Waals surface area (Å²) >= 11 is 0.